The van der Waals surface area contributed by atoms with Crippen molar-refractivity contribution in [3.05, 3.63) is 33.8 Å². The zero-order valence-corrected chi connectivity index (χ0v) is 18.3. The molecule has 0 heterocycles. The van der Waals surface area contributed by atoms with Crippen LogP contribution in [0.3, 0.4) is 0 Å². The van der Waals surface area contributed by atoms with Crippen LogP contribution in [0.5, 0.6) is 11.5 Å². The molecule has 0 atom stereocenters. The highest BCUT2D eigenvalue weighted by molar-refractivity contribution is 6.55. The molecule has 1 aromatic carbocycles. The largest absolute Gasteiger partial charge is 0.493 e. The highest BCUT2D eigenvalue weighted by atomic mass is 35.5. The van der Waals surface area contributed by atoms with Gasteiger partial charge in [-0.1, -0.05) is 42.2 Å². The van der Waals surface area contributed by atoms with Gasteiger partial charge in [0.25, 0.3) is 0 Å². The van der Waals surface area contributed by atoms with Crippen molar-refractivity contribution >= 4 is 28.9 Å². The standard InChI is InChI=1S/C21H31Cl2NO3/c1-5-17-14-19(25-13-10-20(22)23)15-18(6-2)21(17)26-11-8-7-9-12-27-24-16(3)4/h10,14-15H,5-9,11-13H2,1-4H3. The number of benzene rings is 1. The van der Waals surface area contributed by atoms with E-state index in [1.165, 1.54) is 0 Å². The zero-order chi connectivity index (χ0) is 20.1. The number of unbranched alkanes of at least 4 members (excludes halogenated alkanes) is 2. The van der Waals surface area contributed by atoms with Gasteiger partial charge in [-0.3, -0.25) is 0 Å². The summed E-state index contributed by atoms with van der Waals surface area (Å²) in [4.78, 5) is 5.21. The second-order valence-electron chi connectivity index (χ2n) is 6.36. The molecule has 1 aromatic rings. The van der Waals surface area contributed by atoms with Gasteiger partial charge in [-0.25, -0.2) is 0 Å². The molecule has 0 radical (unpaired) electrons. The molecule has 0 saturated carbocycles. The van der Waals surface area contributed by atoms with Gasteiger partial charge in [0.1, 0.15) is 29.2 Å². The molecule has 152 valence electrons. The van der Waals surface area contributed by atoms with E-state index in [2.05, 4.69) is 19.0 Å². The van der Waals surface area contributed by atoms with Crippen molar-refractivity contribution in [2.24, 2.45) is 5.16 Å². The Kier molecular flexibility index (Phi) is 12.0. The fourth-order valence-electron chi connectivity index (χ4n) is 2.51. The molecule has 0 unspecified atom stereocenters. The van der Waals surface area contributed by atoms with E-state index in [0.717, 1.165) is 60.4 Å². The minimum absolute atomic E-state index is 0.211. The van der Waals surface area contributed by atoms with Crippen LogP contribution in [0.2, 0.25) is 0 Å². The van der Waals surface area contributed by atoms with Crippen LogP contribution in [0.15, 0.2) is 27.9 Å². The van der Waals surface area contributed by atoms with Gasteiger partial charge in [-0.05, 0) is 75.3 Å². The summed E-state index contributed by atoms with van der Waals surface area (Å²) in [7, 11) is 0. The van der Waals surface area contributed by atoms with Gasteiger partial charge in [0.2, 0.25) is 0 Å². The maximum absolute atomic E-state index is 6.11. The Morgan fingerprint density at radius 2 is 1.59 bits per heavy atom. The summed E-state index contributed by atoms with van der Waals surface area (Å²) < 4.78 is 12.1. The van der Waals surface area contributed by atoms with Gasteiger partial charge in [-0.15, -0.1) is 0 Å². The Morgan fingerprint density at radius 1 is 0.963 bits per heavy atom. The molecule has 27 heavy (non-hydrogen) atoms. The van der Waals surface area contributed by atoms with E-state index in [4.69, 9.17) is 37.5 Å². The maximum Gasteiger partial charge on any atom is 0.125 e. The van der Waals surface area contributed by atoms with Crippen molar-refractivity contribution in [1.82, 2.24) is 0 Å². The lowest BCUT2D eigenvalue weighted by atomic mass is 10.0. The van der Waals surface area contributed by atoms with E-state index in [-0.39, 0.29) is 4.49 Å². The van der Waals surface area contributed by atoms with Crippen LogP contribution >= 0.6 is 23.2 Å². The Morgan fingerprint density at radius 3 is 2.15 bits per heavy atom. The summed E-state index contributed by atoms with van der Waals surface area (Å²) in [6.07, 6.45) is 6.41. The number of halogens is 2. The SMILES string of the molecule is CCc1cc(OCC=C(Cl)Cl)cc(CC)c1OCCCCCON=C(C)C. The summed E-state index contributed by atoms with van der Waals surface area (Å²) in [5, 5.41) is 3.93. The number of nitrogens with zero attached hydrogens (tertiary/aromatic N) is 1. The number of rotatable bonds is 13. The lowest BCUT2D eigenvalue weighted by molar-refractivity contribution is 0.138. The summed E-state index contributed by atoms with van der Waals surface area (Å²) in [5.41, 5.74) is 3.24. The summed E-state index contributed by atoms with van der Waals surface area (Å²) in [6, 6.07) is 4.06. The first kappa shape index (κ1) is 23.6. The molecule has 1 rings (SSSR count). The van der Waals surface area contributed by atoms with Crippen LogP contribution < -0.4 is 9.47 Å². The Balaban J connectivity index is 2.55. The normalized spacial score (nSPS) is 10.3. The average Bonchev–Trinajstić information content (AvgIpc) is 2.63. The molecular weight excluding hydrogens is 385 g/mol. The molecule has 0 saturated heterocycles. The summed E-state index contributed by atoms with van der Waals surface area (Å²) in [6.45, 7) is 9.77. The number of hydrogen-bond acceptors (Lipinski definition) is 4. The first-order valence-corrected chi connectivity index (χ1v) is 10.3. The van der Waals surface area contributed by atoms with Crippen LogP contribution in [0, 0.1) is 0 Å². The molecule has 0 N–H and O–H groups in total. The predicted molar refractivity (Wildman–Crippen MR) is 115 cm³/mol. The second kappa shape index (κ2) is 13.7. The molecule has 6 heteroatoms. The van der Waals surface area contributed by atoms with E-state index < -0.39 is 0 Å². The van der Waals surface area contributed by atoms with E-state index >= 15 is 0 Å². The van der Waals surface area contributed by atoms with E-state index in [9.17, 15) is 0 Å². The highest BCUT2D eigenvalue weighted by Gasteiger charge is 2.11. The molecule has 0 aliphatic heterocycles. The maximum atomic E-state index is 6.11. The number of hydrogen-bond donors (Lipinski definition) is 0. The van der Waals surface area contributed by atoms with E-state index in [0.29, 0.717) is 19.8 Å². The van der Waals surface area contributed by atoms with Gasteiger partial charge >= 0.3 is 0 Å². The fraction of sp³-hybridized carbons (Fsp3) is 0.571. The lowest BCUT2D eigenvalue weighted by Gasteiger charge is -2.17. The summed E-state index contributed by atoms with van der Waals surface area (Å²) >= 11 is 11.2. The van der Waals surface area contributed by atoms with Gasteiger partial charge in [0, 0.05) is 0 Å². The highest BCUT2D eigenvalue weighted by Crippen LogP contribution is 2.31. The second-order valence-corrected chi connectivity index (χ2v) is 7.37. The topological polar surface area (TPSA) is 40.0 Å². The summed E-state index contributed by atoms with van der Waals surface area (Å²) in [5.74, 6) is 1.80. The average molecular weight is 416 g/mol. The third kappa shape index (κ3) is 9.92. The van der Waals surface area contributed by atoms with Crippen molar-refractivity contribution in [3.63, 3.8) is 0 Å². The van der Waals surface area contributed by atoms with Crippen LogP contribution in [0.4, 0.5) is 0 Å². The molecular formula is C21H31Cl2NO3. The van der Waals surface area contributed by atoms with Crippen molar-refractivity contribution < 1.29 is 14.3 Å². The third-order valence-corrected chi connectivity index (χ3v) is 4.15. The molecule has 0 aliphatic carbocycles. The van der Waals surface area contributed by atoms with Crippen LogP contribution in [0.25, 0.3) is 0 Å². The molecule has 0 spiro atoms. The minimum Gasteiger partial charge on any atom is -0.493 e. The molecule has 0 amide bonds. The number of aryl methyl sites for hydroxylation is 2. The van der Waals surface area contributed by atoms with Crippen molar-refractivity contribution in [1.29, 1.82) is 0 Å². The fourth-order valence-corrected chi connectivity index (χ4v) is 2.64. The van der Waals surface area contributed by atoms with Gasteiger partial charge < -0.3 is 14.3 Å². The van der Waals surface area contributed by atoms with Crippen molar-refractivity contribution in [3.8, 4) is 11.5 Å². The monoisotopic (exact) mass is 415 g/mol. The van der Waals surface area contributed by atoms with Crippen LogP contribution in [0.1, 0.15) is 58.1 Å². The van der Waals surface area contributed by atoms with Crippen LogP contribution in [-0.4, -0.2) is 25.5 Å². The zero-order valence-electron chi connectivity index (χ0n) is 16.8. The Bertz CT molecular complexity index is 597. The molecule has 4 nitrogen and oxygen atoms in total. The lowest BCUT2D eigenvalue weighted by Crippen LogP contribution is -2.05. The predicted octanol–water partition coefficient (Wildman–Crippen LogP) is 6.47. The minimum atomic E-state index is 0.211. The van der Waals surface area contributed by atoms with Crippen molar-refractivity contribution in [2.45, 2.75) is 59.8 Å². The smallest absolute Gasteiger partial charge is 0.125 e. The number of oxime groups is 1. The van der Waals surface area contributed by atoms with Gasteiger partial charge in [0.15, 0.2) is 0 Å². The molecule has 0 aliphatic rings. The van der Waals surface area contributed by atoms with Crippen LogP contribution in [-0.2, 0) is 17.7 Å². The number of ether oxygens (including phenoxy) is 2. The van der Waals surface area contributed by atoms with Gasteiger partial charge in [-0.2, -0.15) is 0 Å². The Hall–Kier alpha value is -1.39. The van der Waals surface area contributed by atoms with E-state index in [1.54, 1.807) is 6.08 Å². The Labute approximate surface area is 173 Å². The van der Waals surface area contributed by atoms with Gasteiger partial charge in [0.05, 0.1) is 12.3 Å². The quantitative estimate of drug-likeness (QED) is 0.210. The van der Waals surface area contributed by atoms with E-state index in [1.807, 2.05) is 26.0 Å². The molecule has 0 fully saturated rings. The van der Waals surface area contributed by atoms with Crippen molar-refractivity contribution in [2.75, 3.05) is 19.8 Å². The molecule has 0 aromatic heterocycles. The molecule has 0 bridgehead atoms. The first-order chi connectivity index (χ1) is 13.0. The first-order valence-electron chi connectivity index (χ1n) is 9.53. The third-order valence-electron chi connectivity index (χ3n) is 3.84.